The lowest BCUT2D eigenvalue weighted by atomic mass is 10.2. The van der Waals surface area contributed by atoms with Gasteiger partial charge in [0.25, 0.3) is 0 Å². The van der Waals surface area contributed by atoms with Gasteiger partial charge in [0.1, 0.15) is 0 Å². The minimum atomic E-state index is 0.513. The molecule has 0 saturated heterocycles. The van der Waals surface area contributed by atoms with E-state index in [-0.39, 0.29) is 0 Å². The van der Waals surface area contributed by atoms with Crippen molar-refractivity contribution in [1.82, 2.24) is 5.32 Å². The van der Waals surface area contributed by atoms with E-state index in [2.05, 4.69) is 31.8 Å². The molecule has 11 heavy (non-hydrogen) atoms. The number of thiol groups is 1. The van der Waals surface area contributed by atoms with Gasteiger partial charge >= 0.3 is 0 Å². The molecule has 0 aliphatic carbocycles. The minimum Gasteiger partial charge on any atom is -0.392 e. The van der Waals surface area contributed by atoms with Crippen LogP contribution in [0.25, 0.3) is 0 Å². The Labute approximate surface area is 75.0 Å². The highest BCUT2D eigenvalue weighted by Gasteiger charge is 1.93. The van der Waals surface area contributed by atoms with Crippen LogP contribution in [0, 0.1) is 5.92 Å². The maximum atomic E-state index is 4.33. The Morgan fingerprint density at radius 1 is 1.36 bits per heavy atom. The smallest absolute Gasteiger partial charge is 0.00727 e. The first-order chi connectivity index (χ1) is 5.07. The van der Waals surface area contributed by atoms with Crippen molar-refractivity contribution in [3.8, 4) is 0 Å². The zero-order valence-electron chi connectivity index (χ0n) is 7.68. The molecular weight excluding hydrogens is 154 g/mol. The molecule has 1 N–H and O–H groups in total. The molecule has 0 saturated carbocycles. The Balaban J connectivity index is 4.11. The summed E-state index contributed by atoms with van der Waals surface area (Å²) in [6.45, 7) is 6.28. The number of hydrogen-bond acceptors (Lipinski definition) is 2. The van der Waals surface area contributed by atoms with Crippen LogP contribution in [0.3, 0.4) is 0 Å². The summed E-state index contributed by atoms with van der Waals surface area (Å²) in [5.74, 6) is 0.513. The lowest BCUT2D eigenvalue weighted by Crippen LogP contribution is -2.00. The maximum Gasteiger partial charge on any atom is 0.00727 e. The molecule has 64 valence electrons. The molecule has 0 bridgehead atoms. The molecule has 0 rings (SSSR count). The lowest BCUT2D eigenvalue weighted by molar-refractivity contribution is 0.818. The third-order valence-corrected chi connectivity index (χ3v) is 2.16. The second-order valence-corrected chi connectivity index (χ2v) is 3.36. The van der Waals surface area contributed by atoms with Crippen molar-refractivity contribution in [2.24, 2.45) is 5.92 Å². The molecular formula is C9H17NS. The van der Waals surface area contributed by atoms with Gasteiger partial charge in [-0.15, -0.1) is 12.6 Å². The summed E-state index contributed by atoms with van der Waals surface area (Å²) in [4.78, 5) is 1.11. The van der Waals surface area contributed by atoms with Gasteiger partial charge in [0.15, 0.2) is 0 Å². The largest absolute Gasteiger partial charge is 0.392 e. The molecule has 0 aromatic carbocycles. The molecule has 0 atom stereocenters. The summed E-state index contributed by atoms with van der Waals surface area (Å²) in [5, 5.41) is 3.04. The van der Waals surface area contributed by atoms with E-state index in [0.29, 0.717) is 5.92 Å². The first kappa shape index (κ1) is 10.6. The van der Waals surface area contributed by atoms with Crippen LogP contribution in [0.5, 0.6) is 0 Å². The van der Waals surface area contributed by atoms with E-state index in [0.717, 1.165) is 10.6 Å². The topological polar surface area (TPSA) is 12.0 Å². The summed E-state index contributed by atoms with van der Waals surface area (Å²) in [6.07, 6.45) is 4.06. The van der Waals surface area contributed by atoms with Crippen LogP contribution >= 0.6 is 12.6 Å². The van der Waals surface area contributed by atoms with Gasteiger partial charge in [0.2, 0.25) is 0 Å². The molecule has 2 heteroatoms. The van der Waals surface area contributed by atoms with Gasteiger partial charge in [-0.05, 0) is 23.8 Å². The molecule has 0 spiro atoms. The minimum absolute atomic E-state index is 0.513. The number of rotatable bonds is 3. The predicted octanol–water partition coefficient (Wildman–Crippen LogP) is 2.58. The van der Waals surface area contributed by atoms with Gasteiger partial charge in [0.05, 0.1) is 0 Å². The molecule has 0 aromatic rings. The van der Waals surface area contributed by atoms with Crippen LogP contribution in [0.1, 0.15) is 20.8 Å². The molecule has 0 radical (unpaired) electrons. The average Bonchev–Trinajstić information content (AvgIpc) is 1.99. The summed E-state index contributed by atoms with van der Waals surface area (Å²) < 4.78 is 0. The van der Waals surface area contributed by atoms with Crippen molar-refractivity contribution in [2.45, 2.75) is 20.8 Å². The fourth-order valence-electron chi connectivity index (χ4n) is 0.486. The van der Waals surface area contributed by atoms with E-state index in [4.69, 9.17) is 0 Å². The zero-order chi connectivity index (χ0) is 8.85. The van der Waals surface area contributed by atoms with Crippen LogP contribution in [0.15, 0.2) is 22.8 Å². The van der Waals surface area contributed by atoms with Crippen molar-refractivity contribution < 1.29 is 0 Å². The number of hydrogen-bond donors (Lipinski definition) is 2. The van der Waals surface area contributed by atoms with Crippen LogP contribution in [-0.2, 0) is 0 Å². The first-order valence-electron chi connectivity index (χ1n) is 3.83. The van der Waals surface area contributed by atoms with Crippen molar-refractivity contribution in [3.63, 3.8) is 0 Å². The monoisotopic (exact) mass is 171 g/mol. The highest BCUT2D eigenvalue weighted by atomic mass is 32.1. The van der Waals surface area contributed by atoms with Gasteiger partial charge < -0.3 is 5.32 Å². The molecule has 0 aromatic heterocycles. The Hall–Kier alpha value is -0.370. The Bertz CT molecular complexity index is 168. The van der Waals surface area contributed by atoms with Crippen molar-refractivity contribution >= 4 is 12.6 Å². The van der Waals surface area contributed by atoms with E-state index in [1.54, 1.807) is 0 Å². The Kier molecular flexibility index (Phi) is 5.12. The highest BCUT2D eigenvalue weighted by molar-refractivity contribution is 7.84. The van der Waals surface area contributed by atoms with E-state index in [1.807, 2.05) is 26.1 Å². The standard InChI is InChI=1S/C9H17NS/c1-7(2)9(11)6-5-8(3)10-4/h5-7,10-11H,1-4H3/b8-5+,9-6+. The first-order valence-corrected chi connectivity index (χ1v) is 4.27. The maximum absolute atomic E-state index is 4.33. The van der Waals surface area contributed by atoms with Gasteiger partial charge in [0, 0.05) is 12.7 Å². The van der Waals surface area contributed by atoms with Crippen molar-refractivity contribution in [2.75, 3.05) is 7.05 Å². The zero-order valence-corrected chi connectivity index (χ0v) is 8.57. The number of allylic oxidation sites excluding steroid dienone is 4. The molecule has 1 nitrogen and oxygen atoms in total. The SMILES string of the molecule is CN/C(C)=C/C=C(/S)C(C)C. The lowest BCUT2D eigenvalue weighted by Gasteiger charge is -2.02. The third kappa shape index (κ3) is 4.96. The second kappa shape index (κ2) is 5.30. The van der Waals surface area contributed by atoms with Crippen LogP contribution < -0.4 is 5.32 Å². The summed E-state index contributed by atoms with van der Waals surface area (Å²) in [7, 11) is 1.91. The fraction of sp³-hybridized carbons (Fsp3) is 0.556. The van der Waals surface area contributed by atoms with E-state index < -0.39 is 0 Å². The molecule has 0 fully saturated rings. The Morgan fingerprint density at radius 2 is 1.91 bits per heavy atom. The highest BCUT2D eigenvalue weighted by Crippen LogP contribution is 2.13. The predicted molar refractivity (Wildman–Crippen MR) is 54.7 cm³/mol. The van der Waals surface area contributed by atoms with Crippen LogP contribution in [0.4, 0.5) is 0 Å². The summed E-state index contributed by atoms with van der Waals surface area (Å²) in [6, 6.07) is 0. The quantitative estimate of drug-likeness (QED) is 0.491. The number of nitrogens with one attached hydrogen (secondary N) is 1. The molecule has 0 amide bonds. The van der Waals surface area contributed by atoms with Gasteiger partial charge in [-0.25, -0.2) is 0 Å². The van der Waals surface area contributed by atoms with Gasteiger partial charge in [-0.3, -0.25) is 0 Å². The van der Waals surface area contributed by atoms with Gasteiger partial charge in [-0.2, -0.15) is 0 Å². The van der Waals surface area contributed by atoms with Crippen LogP contribution in [0.2, 0.25) is 0 Å². The molecule has 0 aliphatic heterocycles. The van der Waals surface area contributed by atoms with E-state index >= 15 is 0 Å². The van der Waals surface area contributed by atoms with Crippen molar-refractivity contribution in [3.05, 3.63) is 22.8 Å². The average molecular weight is 171 g/mol. The fourth-order valence-corrected chi connectivity index (χ4v) is 0.561. The van der Waals surface area contributed by atoms with E-state index in [9.17, 15) is 0 Å². The normalized spacial score (nSPS) is 14.0. The molecule has 0 heterocycles. The molecule has 0 aliphatic rings. The molecule has 0 unspecified atom stereocenters. The Morgan fingerprint density at radius 3 is 2.27 bits per heavy atom. The third-order valence-electron chi connectivity index (χ3n) is 1.49. The van der Waals surface area contributed by atoms with Crippen molar-refractivity contribution in [1.29, 1.82) is 0 Å². The van der Waals surface area contributed by atoms with Gasteiger partial charge in [-0.1, -0.05) is 19.9 Å². The summed E-state index contributed by atoms with van der Waals surface area (Å²) in [5.41, 5.74) is 1.15. The van der Waals surface area contributed by atoms with E-state index in [1.165, 1.54) is 0 Å². The van der Waals surface area contributed by atoms with Crippen LogP contribution in [-0.4, -0.2) is 7.05 Å². The summed E-state index contributed by atoms with van der Waals surface area (Å²) >= 11 is 4.33. The second-order valence-electron chi connectivity index (χ2n) is 2.85.